The Hall–Kier alpha value is -2.83. The topological polar surface area (TPSA) is 84.7 Å². The third-order valence-electron chi connectivity index (χ3n) is 5.72. The van der Waals surface area contributed by atoms with Gasteiger partial charge in [0, 0.05) is 19.5 Å². The summed E-state index contributed by atoms with van der Waals surface area (Å²) in [5, 5.41) is 13.4. The van der Waals surface area contributed by atoms with E-state index >= 15 is 0 Å². The molecule has 0 spiro atoms. The number of aryl methyl sites for hydroxylation is 2. The molecule has 1 aromatic carbocycles. The molecule has 1 amide bonds. The lowest BCUT2D eigenvalue weighted by Crippen LogP contribution is -2.39. The van der Waals surface area contributed by atoms with E-state index in [-0.39, 0.29) is 17.5 Å². The van der Waals surface area contributed by atoms with Crippen LogP contribution < -0.4 is 4.74 Å². The van der Waals surface area contributed by atoms with Crippen LogP contribution in [0.1, 0.15) is 58.9 Å². The fraction of sp³-hybridized carbons (Fsp3) is 0.500. The van der Waals surface area contributed by atoms with Crippen LogP contribution in [-0.2, 0) is 4.79 Å². The number of carbonyl (C=O) groups is 2. The zero-order chi connectivity index (χ0) is 21.0. The highest BCUT2D eigenvalue weighted by molar-refractivity contribution is 5.88. The lowest BCUT2D eigenvalue weighted by Gasteiger charge is -2.32. The quantitative estimate of drug-likeness (QED) is 0.720. The molecule has 1 fully saturated rings. The van der Waals surface area contributed by atoms with E-state index in [1.807, 2.05) is 23.1 Å². The molecule has 0 saturated carbocycles. The second kappa shape index (κ2) is 9.11. The number of hydrogen-bond donors (Lipinski definition) is 1. The number of nitrogens with zero attached hydrogens (tertiary/aromatic N) is 3. The molecule has 2 aromatic rings. The fourth-order valence-corrected chi connectivity index (χ4v) is 3.74. The Balaban J connectivity index is 1.42. The van der Waals surface area contributed by atoms with E-state index in [4.69, 9.17) is 4.74 Å². The Kier molecular flexibility index (Phi) is 6.56. The van der Waals surface area contributed by atoms with Crippen molar-refractivity contribution in [3.8, 4) is 5.75 Å². The number of aromatic nitrogens is 2. The Labute approximate surface area is 171 Å². The van der Waals surface area contributed by atoms with E-state index in [2.05, 4.69) is 18.9 Å². The number of carboxylic acid groups (broad SMARTS) is 1. The SMILES string of the molecule is Cc1ccc(OCCCC(=O)N2CCC(n3ncc(C(=O)O)c3C)CC2)cc1C. The minimum absolute atomic E-state index is 0.139. The van der Waals surface area contributed by atoms with Crippen molar-refractivity contribution in [3.63, 3.8) is 0 Å². The molecule has 7 nitrogen and oxygen atoms in total. The van der Waals surface area contributed by atoms with Crippen LogP contribution in [0.4, 0.5) is 0 Å². The molecule has 7 heteroatoms. The Morgan fingerprint density at radius 3 is 2.52 bits per heavy atom. The number of ether oxygens (including phenoxy) is 1. The fourth-order valence-electron chi connectivity index (χ4n) is 3.74. The van der Waals surface area contributed by atoms with Gasteiger partial charge in [0.1, 0.15) is 11.3 Å². The Morgan fingerprint density at radius 1 is 1.17 bits per heavy atom. The van der Waals surface area contributed by atoms with Crippen LogP contribution in [0.25, 0.3) is 0 Å². The second-order valence-corrected chi connectivity index (χ2v) is 7.70. The van der Waals surface area contributed by atoms with Crippen molar-refractivity contribution in [2.75, 3.05) is 19.7 Å². The predicted octanol–water partition coefficient (Wildman–Crippen LogP) is 3.53. The van der Waals surface area contributed by atoms with Crippen molar-refractivity contribution in [2.45, 2.75) is 52.5 Å². The number of carboxylic acids is 1. The molecule has 0 unspecified atom stereocenters. The minimum atomic E-state index is -0.954. The summed E-state index contributed by atoms with van der Waals surface area (Å²) in [5.41, 5.74) is 3.35. The summed E-state index contributed by atoms with van der Waals surface area (Å²) < 4.78 is 7.55. The van der Waals surface area contributed by atoms with Crippen molar-refractivity contribution in [1.82, 2.24) is 14.7 Å². The zero-order valence-electron chi connectivity index (χ0n) is 17.4. The van der Waals surface area contributed by atoms with Crippen LogP contribution in [0, 0.1) is 20.8 Å². The van der Waals surface area contributed by atoms with Gasteiger partial charge in [-0.3, -0.25) is 9.48 Å². The molecule has 1 aromatic heterocycles. The highest BCUT2D eigenvalue weighted by Gasteiger charge is 2.26. The molecule has 0 aliphatic carbocycles. The van der Waals surface area contributed by atoms with E-state index < -0.39 is 5.97 Å². The monoisotopic (exact) mass is 399 g/mol. The molecule has 1 N–H and O–H groups in total. The maximum absolute atomic E-state index is 12.5. The lowest BCUT2D eigenvalue weighted by atomic mass is 10.0. The summed E-state index contributed by atoms with van der Waals surface area (Å²) in [7, 11) is 0. The lowest BCUT2D eigenvalue weighted by molar-refractivity contribution is -0.132. The van der Waals surface area contributed by atoms with E-state index in [1.165, 1.54) is 17.3 Å². The molecule has 29 heavy (non-hydrogen) atoms. The van der Waals surface area contributed by atoms with Crippen molar-refractivity contribution in [3.05, 3.63) is 46.8 Å². The summed E-state index contributed by atoms with van der Waals surface area (Å²) in [6, 6.07) is 6.16. The number of carbonyl (C=O) groups excluding carboxylic acids is 1. The third kappa shape index (κ3) is 4.96. The summed E-state index contributed by atoms with van der Waals surface area (Å²) in [4.78, 5) is 25.6. The maximum Gasteiger partial charge on any atom is 0.339 e. The van der Waals surface area contributed by atoms with Gasteiger partial charge in [-0.25, -0.2) is 4.79 Å². The van der Waals surface area contributed by atoms with Gasteiger partial charge in [-0.2, -0.15) is 5.10 Å². The number of amides is 1. The number of benzene rings is 1. The number of hydrogen-bond acceptors (Lipinski definition) is 4. The predicted molar refractivity (Wildman–Crippen MR) is 109 cm³/mol. The first-order valence-electron chi connectivity index (χ1n) is 10.1. The molecule has 2 heterocycles. The van der Waals surface area contributed by atoms with Gasteiger partial charge in [-0.05, 0) is 63.3 Å². The summed E-state index contributed by atoms with van der Waals surface area (Å²) in [5.74, 6) is 0.0385. The van der Waals surface area contributed by atoms with E-state index in [0.717, 1.165) is 18.6 Å². The van der Waals surface area contributed by atoms with Crippen LogP contribution in [0.5, 0.6) is 5.75 Å². The van der Waals surface area contributed by atoms with Gasteiger partial charge < -0.3 is 14.7 Å². The van der Waals surface area contributed by atoms with Gasteiger partial charge in [-0.1, -0.05) is 6.07 Å². The van der Waals surface area contributed by atoms with Crippen LogP contribution >= 0.6 is 0 Å². The Morgan fingerprint density at radius 2 is 1.90 bits per heavy atom. The molecule has 1 aliphatic rings. The summed E-state index contributed by atoms with van der Waals surface area (Å²) in [6.45, 7) is 7.77. The average molecular weight is 399 g/mol. The van der Waals surface area contributed by atoms with Gasteiger partial charge in [0.2, 0.25) is 5.91 Å². The standard InChI is InChI=1S/C22H29N3O4/c1-15-6-7-19(13-16(15)2)29-12-4-5-21(26)24-10-8-18(9-11-24)25-17(3)20(14-23-25)22(27)28/h6-7,13-14,18H,4-5,8-12H2,1-3H3,(H,27,28). The van der Waals surface area contributed by atoms with E-state index in [1.54, 1.807) is 11.6 Å². The minimum Gasteiger partial charge on any atom is -0.494 e. The van der Waals surface area contributed by atoms with Crippen molar-refractivity contribution >= 4 is 11.9 Å². The molecule has 0 radical (unpaired) electrons. The second-order valence-electron chi connectivity index (χ2n) is 7.70. The van der Waals surface area contributed by atoms with Gasteiger partial charge in [0.25, 0.3) is 0 Å². The molecule has 1 saturated heterocycles. The highest BCUT2D eigenvalue weighted by Crippen LogP contribution is 2.25. The third-order valence-corrected chi connectivity index (χ3v) is 5.72. The van der Waals surface area contributed by atoms with Crippen LogP contribution in [-0.4, -0.2) is 51.4 Å². The molecular formula is C22H29N3O4. The van der Waals surface area contributed by atoms with Gasteiger partial charge >= 0.3 is 5.97 Å². The van der Waals surface area contributed by atoms with Crippen LogP contribution in [0.15, 0.2) is 24.4 Å². The first-order chi connectivity index (χ1) is 13.9. The van der Waals surface area contributed by atoms with E-state index in [0.29, 0.717) is 38.2 Å². The Bertz CT molecular complexity index is 882. The molecule has 0 bridgehead atoms. The molecule has 1 aliphatic heterocycles. The molecule has 156 valence electrons. The molecule has 0 atom stereocenters. The smallest absolute Gasteiger partial charge is 0.339 e. The molecule has 3 rings (SSSR count). The first kappa shape index (κ1) is 20.9. The molecular weight excluding hydrogens is 370 g/mol. The first-order valence-corrected chi connectivity index (χ1v) is 10.1. The maximum atomic E-state index is 12.5. The van der Waals surface area contributed by atoms with Crippen molar-refractivity contribution < 1.29 is 19.4 Å². The van der Waals surface area contributed by atoms with Crippen molar-refractivity contribution in [2.24, 2.45) is 0 Å². The number of rotatable bonds is 7. The average Bonchev–Trinajstić information content (AvgIpc) is 3.09. The number of piperidine rings is 1. The van der Waals surface area contributed by atoms with Crippen molar-refractivity contribution in [1.29, 1.82) is 0 Å². The van der Waals surface area contributed by atoms with E-state index in [9.17, 15) is 14.7 Å². The highest BCUT2D eigenvalue weighted by atomic mass is 16.5. The van der Waals surface area contributed by atoms with Crippen LogP contribution in [0.3, 0.4) is 0 Å². The van der Waals surface area contributed by atoms with Gasteiger partial charge in [0.15, 0.2) is 0 Å². The number of likely N-dealkylation sites (tertiary alicyclic amines) is 1. The summed E-state index contributed by atoms with van der Waals surface area (Å²) in [6.07, 6.45) is 4.13. The van der Waals surface area contributed by atoms with Gasteiger partial charge in [0.05, 0.1) is 24.5 Å². The normalized spacial score (nSPS) is 14.8. The van der Waals surface area contributed by atoms with Gasteiger partial charge in [-0.15, -0.1) is 0 Å². The van der Waals surface area contributed by atoms with Crippen LogP contribution in [0.2, 0.25) is 0 Å². The number of aromatic carboxylic acids is 1. The largest absolute Gasteiger partial charge is 0.494 e. The zero-order valence-corrected chi connectivity index (χ0v) is 17.4. The summed E-state index contributed by atoms with van der Waals surface area (Å²) >= 11 is 0.